The lowest BCUT2D eigenvalue weighted by Gasteiger charge is -2.37. The van der Waals surface area contributed by atoms with E-state index in [2.05, 4.69) is 10.1 Å². The highest BCUT2D eigenvalue weighted by molar-refractivity contribution is 6.30. The summed E-state index contributed by atoms with van der Waals surface area (Å²) in [5, 5.41) is 13.7. The first kappa shape index (κ1) is 32.1. The number of rotatable bonds is 11. The monoisotopic (exact) mass is 640 g/mol. The second-order valence-corrected chi connectivity index (χ2v) is 11.5. The molecular formula is C31H33ClF4N2O6. The van der Waals surface area contributed by atoms with Crippen LogP contribution in [0.4, 0.5) is 23.2 Å². The van der Waals surface area contributed by atoms with E-state index in [0.717, 1.165) is 25.0 Å². The molecule has 0 bridgehead atoms. The van der Waals surface area contributed by atoms with E-state index in [1.165, 1.54) is 19.1 Å². The molecule has 2 aliphatic carbocycles. The second-order valence-electron chi connectivity index (χ2n) is 11.1. The third-order valence-corrected chi connectivity index (χ3v) is 8.35. The molecule has 0 spiro atoms. The van der Waals surface area contributed by atoms with E-state index in [1.54, 1.807) is 30.3 Å². The zero-order valence-corrected chi connectivity index (χ0v) is 24.8. The maximum absolute atomic E-state index is 14.4. The predicted molar refractivity (Wildman–Crippen MR) is 153 cm³/mol. The van der Waals surface area contributed by atoms with Crippen LogP contribution in [-0.4, -0.2) is 57.1 Å². The highest BCUT2D eigenvalue weighted by atomic mass is 35.5. The van der Waals surface area contributed by atoms with Crippen molar-refractivity contribution in [1.29, 1.82) is 0 Å². The molecule has 8 nitrogen and oxygen atoms in total. The molecule has 0 aromatic heterocycles. The zero-order valence-electron chi connectivity index (χ0n) is 24.1. The van der Waals surface area contributed by atoms with Crippen molar-refractivity contribution in [2.75, 3.05) is 32.3 Å². The summed E-state index contributed by atoms with van der Waals surface area (Å²) in [6, 6.07) is 7.18. The quantitative estimate of drug-likeness (QED) is 0.237. The molecule has 3 aliphatic rings. The van der Waals surface area contributed by atoms with Crippen LogP contribution in [0.2, 0.25) is 5.02 Å². The average Bonchev–Trinajstić information content (AvgIpc) is 3.36. The zero-order chi connectivity index (χ0) is 31.6. The molecule has 3 unspecified atom stereocenters. The summed E-state index contributed by atoms with van der Waals surface area (Å²) in [5.41, 5.74) is 1.12. The number of allylic oxidation sites excluding steroid dienone is 1. The van der Waals surface area contributed by atoms with Crippen LogP contribution in [0.15, 0.2) is 60.1 Å². The Balaban J connectivity index is 1.34. The lowest BCUT2D eigenvalue weighted by atomic mass is 9.75. The molecule has 3 atom stereocenters. The Labute approximate surface area is 257 Å². The molecule has 2 aromatic carbocycles. The third-order valence-electron chi connectivity index (χ3n) is 8.10. The van der Waals surface area contributed by atoms with E-state index in [9.17, 15) is 27.5 Å². The maximum Gasteiger partial charge on any atom is 0.573 e. The van der Waals surface area contributed by atoms with Crippen molar-refractivity contribution in [2.24, 2.45) is 11.8 Å². The maximum atomic E-state index is 14.4. The van der Waals surface area contributed by atoms with Crippen LogP contribution in [0.1, 0.15) is 36.4 Å². The Bertz CT molecular complexity index is 1410. The van der Waals surface area contributed by atoms with E-state index in [-0.39, 0.29) is 30.5 Å². The number of halogens is 5. The minimum absolute atomic E-state index is 0.0762. The number of amides is 1. The first-order chi connectivity index (χ1) is 20.9. The standard InChI is InChI=1S/C31H33ClF4N2O6/c1-41-23-12-22(13-24(14-23)43-16-17-9-20(10-17)30(40)42-2)37-28(18-3-5-21(32)6-4-18)29(39)38-8-7-19-11-25(33)27(15-26(19)38)44-31(34,35)36/h3-6,11-12,14-15,17,20,22,28,30,37,40H,7-10,13,16H2,1-2H3. The van der Waals surface area contributed by atoms with Crippen LogP contribution >= 0.6 is 11.6 Å². The van der Waals surface area contributed by atoms with Crippen molar-refractivity contribution in [3.05, 3.63) is 82.0 Å². The third kappa shape index (κ3) is 7.48. The molecule has 1 heterocycles. The molecule has 44 heavy (non-hydrogen) atoms. The Morgan fingerprint density at radius 2 is 1.91 bits per heavy atom. The van der Waals surface area contributed by atoms with Crippen LogP contribution in [0.5, 0.6) is 5.75 Å². The number of alkyl halides is 3. The summed E-state index contributed by atoms with van der Waals surface area (Å²) in [4.78, 5) is 15.4. The van der Waals surface area contributed by atoms with Crippen molar-refractivity contribution in [3.8, 4) is 5.75 Å². The first-order valence-corrected chi connectivity index (χ1v) is 14.5. The summed E-state index contributed by atoms with van der Waals surface area (Å²) in [5.74, 6) is -1.09. The molecule has 2 aromatic rings. The number of carbonyl (C=O) groups is 1. The molecule has 1 amide bonds. The minimum Gasteiger partial charge on any atom is -0.497 e. The highest BCUT2D eigenvalue weighted by Gasteiger charge is 2.38. The van der Waals surface area contributed by atoms with Crippen LogP contribution in [-0.2, 0) is 25.4 Å². The van der Waals surface area contributed by atoms with Crippen molar-refractivity contribution in [1.82, 2.24) is 5.32 Å². The van der Waals surface area contributed by atoms with Gasteiger partial charge in [-0.2, -0.15) is 0 Å². The Morgan fingerprint density at radius 1 is 1.18 bits per heavy atom. The largest absolute Gasteiger partial charge is 0.573 e. The number of aliphatic hydroxyl groups is 1. The van der Waals surface area contributed by atoms with Crippen molar-refractivity contribution in [3.63, 3.8) is 0 Å². The van der Waals surface area contributed by atoms with Crippen LogP contribution in [0, 0.1) is 17.7 Å². The minimum atomic E-state index is -5.10. The van der Waals surface area contributed by atoms with Gasteiger partial charge in [-0.25, -0.2) is 4.39 Å². The van der Waals surface area contributed by atoms with Crippen molar-refractivity contribution < 1.29 is 46.4 Å². The first-order valence-electron chi connectivity index (χ1n) is 14.1. The fraction of sp³-hybridized carbons (Fsp3) is 0.452. The molecule has 1 aliphatic heterocycles. The van der Waals surface area contributed by atoms with Gasteiger partial charge in [0.25, 0.3) is 0 Å². The number of fused-ring (bicyclic) bond motifs is 1. The van der Waals surface area contributed by atoms with Gasteiger partial charge in [-0.1, -0.05) is 23.7 Å². The van der Waals surface area contributed by atoms with E-state index >= 15 is 0 Å². The molecule has 2 N–H and O–H groups in total. The number of carbonyl (C=O) groups excluding carboxylic acids is 1. The van der Waals surface area contributed by atoms with Gasteiger partial charge in [0.15, 0.2) is 17.9 Å². The second kappa shape index (κ2) is 13.4. The van der Waals surface area contributed by atoms with Gasteiger partial charge >= 0.3 is 6.36 Å². The molecule has 5 rings (SSSR count). The Hall–Kier alpha value is -3.32. The lowest BCUT2D eigenvalue weighted by molar-refractivity contribution is -0.275. The Morgan fingerprint density at radius 3 is 2.57 bits per heavy atom. The molecule has 0 saturated heterocycles. The SMILES string of the molecule is COC1=CC(NC(C(=O)N2CCc3cc(F)c(OC(F)(F)F)cc32)c2ccc(Cl)cc2)CC(OCC2CC(C(O)OC)C2)=C1. The lowest BCUT2D eigenvalue weighted by Crippen LogP contribution is -2.44. The van der Waals surface area contributed by atoms with Gasteiger partial charge in [-0.05, 0) is 60.6 Å². The summed E-state index contributed by atoms with van der Waals surface area (Å²) in [6.07, 6.45) is -0.0660. The number of anilines is 1. The predicted octanol–water partition coefficient (Wildman–Crippen LogP) is 5.79. The topological polar surface area (TPSA) is 89.5 Å². The number of ether oxygens (including phenoxy) is 4. The average molecular weight is 641 g/mol. The molecule has 0 radical (unpaired) electrons. The van der Waals surface area contributed by atoms with Gasteiger partial charge in [0.05, 0.1) is 19.4 Å². The van der Waals surface area contributed by atoms with Crippen LogP contribution < -0.4 is 15.0 Å². The normalized spacial score (nSPS) is 22.7. The summed E-state index contributed by atoms with van der Waals surface area (Å²) in [7, 11) is 2.99. The van der Waals surface area contributed by atoms with Crippen molar-refractivity contribution >= 4 is 23.2 Å². The number of hydrogen-bond acceptors (Lipinski definition) is 7. The number of nitrogens with zero attached hydrogens (tertiary/aromatic N) is 1. The van der Waals surface area contributed by atoms with Gasteiger partial charge in [0, 0.05) is 49.2 Å². The van der Waals surface area contributed by atoms with Gasteiger partial charge in [0.2, 0.25) is 5.91 Å². The van der Waals surface area contributed by atoms with Crippen LogP contribution in [0.25, 0.3) is 0 Å². The number of aliphatic hydroxyl groups excluding tert-OH is 1. The van der Waals surface area contributed by atoms with E-state index < -0.39 is 42.2 Å². The van der Waals surface area contributed by atoms with Gasteiger partial charge in [-0.15, -0.1) is 13.2 Å². The molecular weight excluding hydrogens is 608 g/mol. The molecule has 1 saturated carbocycles. The van der Waals surface area contributed by atoms with Gasteiger partial charge in [0.1, 0.15) is 17.6 Å². The summed E-state index contributed by atoms with van der Waals surface area (Å²) < 4.78 is 73.6. The smallest absolute Gasteiger partial charge is 0.497 e. The molecule has 13 heteroatoms. The number of hydrogen-bond donors (Lipinski definition) is 2. The molecule has 238 valence electrons. The highest BCUT2D eigenvalue weighted by Crippen LogP contribution is 2.39. The number of methoxy groups -OCH3 is 2. The summed E-state index contributed by atoms with van der Waals surface area (Å²) in [6.45, 7) is 0.596. The van der Waals surface area contributed by atoms with E-state index in [0.29, 0.717) is 40.7 Å². The number of nitrogens with one attached hydrogen (secondary N) is 1. The number of benzene rings is 2. The van der Waals surface area contributed by atoms with Gasteiger partial charge < -0.3 is 29.0 Å². The van der Waals surface area contributed by atoms with Crippen molar-refractivity contribution in [2.45, 2.75) is 50.4 Å². The fourth-order valence-electron chi connectivity index (χ4n) is 5.80. The van der Waals surface area contributed by atoms with Gasteiger partial charge in [-0.3, -0.25) is 10.1 Å². The molecule has 1 fully saturated rings. The van der Waals surface area contributed by atoms with E-state index in [4.69, 9.17) is 25.8 Å². The fourth-order valence-corrected chi connectivity index (χ4v) is 5.93. The van der Waals surface area contributed by atoms with Crippen LogP contribution in [0.3, 0.4) is 0 Å². The summed E-state index contributed by atoms with van der Waals surface area (Å²) >= 11 is 6.11. The van der Waals surface area contributed by atoms with E-state index in [1.807, 2.05) is 6.08 Å². The Kier molecular flexibility index (Phi) is 9.74.